The van der Waals surface area contributed by atoms with Crippen molar-refractivity contribution in [2.45, 2.75) is 45.3 Å². The minimum Gasteiger partial charge on any atom is -0.744 e. The summed E-state index contributed by atoms with van der Waals surface area (Å²) in [5, 5.41) is 43.0. The SMILES string of the molecule is O=C(CN(C(=S)Nc1ccc(/C=C/c2ccc(NC(=S)CCCOCCCC(=S)Nc3ccc(/C=C/c4ccc(NC(=S)N(CC(=O)N/N=C\c5cc(Br)c(O)c(Br)c5)c5ccc6ccccc6c5)cc4S(=O)(=O)[O-])c(S(=O)(=O)[O-])c3)cc2S(=O)(=O)[O-])c(S(=O)(=O)[O-])c1)c1ccc2ccccc2c1)N/N=C\c1cc(Br)c(O)c(Br)c1. The third-order valence-corrected chi connectivity index (χ3v) is 23.8. The van der Waals surface area contributed by atoms with Gasteiger partial charge in [-0.2, -0.15) is 10.2 Å². The van der Waals surface area contributed by atoms with Crippen molar-refractivity contribution >= 4 is 277 Å². The van der Waals surface area contributed by atoms with E-state index in [0.717, 1.165) is 70.1 Å². The average Bonchev–Trinajstić information content (AvgIpc) is 0.803. The summed E-state index contributed by atoms with van der Waals surface area (Å²) >= 11 is 35.6. The largest absolute Gasteiger partial charge is 0.744 e. The van der Waals surface area contributed by atoms with Crippen LogP contribution in [0, 0.1) is 0 Å². The first-order chi connectivity index (χ1) is 54.4. The number of hydrazone groups is 2. The van der Waals surface area contributed by atoms with Gasteiger partial charge in [-0.25, -0.2) is 44.5 Å². The Bertz CT molecular complexity index is 5730. The molecule has 596 valence electrons. The van der Waals surface area contributed by atoms with Crippen molar-refractivity contribution < 1.29 is 76.4 Å². The molecular formula is C76H60Br4N10O17S8-4. The summed E-state index contributed by atoms with van der Waals surface area (Å²) in [6.07, 6.45) is 8.56. The number of nitrogens with zero attached hydrogens (tertiary/aromatic N) is 4. The van der Waals surface area contributed by atoms with Crippen molar-refractivity contribution in [3.8, 4) is 11.5 Å². The smallest absolute Gasteiger partial charge is 0.260 e. The van der Waals surface area contributed by atoms with Crippen LogP contribution in [0.3, 0.4) is 0 Å². The molecule has 10 aromatic rings. The lowest BCUT2D eigenvalue weighted by molar-refractivity contribution is -0.120. The Hall–Kier alpha value is -9.24. The average molecular weight is 1960 g/mol. The number of carbonyl (C=O) groups excluding carboxylic acids is 2. The maximum atomic E-state index is 13.4. The van der Waals surface area contributed by atoms with Crippen LogP contribution in [0.2, 0.25) is 0 Å². The molecule has 0 atom stereocenters. The minimum atomic E-state index is -5.25. The number of ether oxygens (including phenoxy) is 1. The van der Waals surface area contributed by atoms with Crippen molar-refractivity contribution in [3.05, 3.63) is 233 Å². The van der Waals surface area contributed by atoms with Crippen LogP contribution in [0.1, 0.15) is 59.1 Å². The number of benzene rings is 10. The number of phenols is 2. The van der Waals surface area contributed by atoms with E-state index in [1.165, 1.54) is 70.8 Å². The zero-order valence-corrected chi connectivity index (χ0v) is 71.9. The van der Waals surface area contributed by atoms with Gasteiger partial charge in [0.2, 0.25) is 0 Å². The lowest BCUT2D eigenvalue weighted by Crippen LogP contribution is -2.41. The fourth-order valence-electron chi connectivity index (χ4n) is 11.1. The number of anilines is 6. The minimum absolute atomic E-state index is 0.0181. The molecule has 0 fully saturated rings. The summed E-state index contributed by atoms with van der Waals surface area (Å²) in [6, 6.07) is 46.6. The van der Waals surface area contributed by atoms with Crippen LogP contribution < -0.4 is 41.9 Å². The van der Waals surface area contributed by atoms with Crippen molar-refractivity contribution in [3.63, 3.8) is 0 Å². The van der Waals surface area contributed by atoms with Crippen LogP contribution in [0.25, 0.3) is 45.8 Å². The molecule has 0 aromatic heterocycles. The van der Waals surface area contributed by atoms with Gasteiger partial charge >= 0.3 is 0 Å². The van der Waals surface area contributed by atoms with E-state index in [1.54, 1.807) is 48.5 Å². The molecule has 0 aliphatic rings. The molecule has 0 heterocycles. The number of halogens is 4. The molecular weight excluding hydrogens is 1900 g/mol. The number of aromatic hydroxyl groups is 2. The van der Waals surface area contributed by atoms with Crippen molar-refractivity contribution in [1.82, 2.24) is 10.9 Å². The topological polar surface area (TPSA) is 416 Å². The highest BCUT2D eigenvalue weighted by molar-refractivity contribution is 9.11. The predicted octanol–water partition coefficient (Wildman–Crippen LogP) is 14.9. The van der Waals surface area contributed by atoms with Crippen molar-refractivity contribution in [2.24, 2.45) is 10.2 Å². The summed E-state index contributed by atoms with van der Waals surface area (Å²) in [6.45, 7) is -0.390. The maximum Gasteiger partial charge on any atom is 0.260 e. The van der Waals surface area contributed by atoms with Crippen molar-refractivity contribution in [1.29, 1.82) is 0 Å². The van der Waals surface area contributed by atoms with Gasteiger partial charge in [0.25, 0.3) is 11.8 Å². The van der Waals surface area contributed by atoms with Gasteiger partial charge in [-0.1, -0.05) is 134 Å². The third-order valence-electron chi connectivity index (χ3n) is 16.5. The number of hydrogen-bond donors (Lipinski definition) is 8. The van der Waals surface area contributed by atoms with Gasteiger partial charge in [-0.05, 0) is 253 Å². The Kier molecular flexibility index (Phi) is 30.0. The van der Waals surface area contributed by atoms with Gasteiger partial charge in [0.15, 0.2) is 10.2 Å². The summed E-state index contributed by atoms with van der Waals surface area (Å²) < 4.78 is 160. The van der Waals surface area contributed by atoms with E-state index in [-0.39, 0.29) is 103 Å². The molecule has 39 heteroatoms. The molecule has 0 aliphatic carbocycles. The van der Waals surface area contributed by atoms with Crippen LogP contribution in [-0.4, -0.2) is 133 Å². The van der Waals surface area contributed by atoms with Gasteiger partial charge in [0.05, 0.1) is 59.9 Å². The summed E-state index contributed by atoms with van der Waals surface area (Å²) in [5.41, 5.74) is 6.46. The second-order valence-electron chi connectivity index (χ2n) is 24.8. The van der Waals surface area contributed by atoms with Crippen LogP contribution in [-0.2, 0) is 54.8 Å². The second kappa shape index (κ2) is 39.1. The number of nitrogens with one attached hydrogen (secondary N) is 6. The Balaban J connectivity index is 0.707. The van der Waals surface area contributed by atoms with E-state index in [1.807, 2.05) is 60.7 Å². The van der Waals surface area contributed by atoms with Gasteiger partial charge in [-0.15, -0.1) is 0 Å². The van der Waals surface area contributed by atoms with Crippen LogP contribution in [0.5, 0.6) is 11.5 Å². The number of phenolic OH excluding ortho intramolecular Hbond substituents is 2. The predicted molar refractivity (Wildman–Crippen MR) is 471 cm³/mol. The summed E-state index contributed by atoms with van der Waals surface area (Å²) in [4.78, 5) is 27.3. The quantitative estimate of drug-likeness (QED) is 0.00517. The van der Waals surface area contributed by atoms with Crippen LogP contribution in [0.4, 0.5) is 34.1 Å². The molecule has 0 unspecified atom stereocenters. The van der Waals surface area contributed by atoms with Crippen LogP contribution in [0.15, 0.2) is 230 Å². The first kappa shape index (κ1) is 88.1. The first-order valence-electron chi connectivity index (χ1n) is 33.5. The number of thiocarbonyl (C=S) groups is 4. The van der Waals surface area contributed by atoms with Crippen LogP contribution >= 0.6 is 113 Å². The highest BCUT2D eigenvalue weighted by Gasteiger charge is 2.23. The molecule has 10 rings (SSSR count). The summed E-state index contributed by atoms with van der Waals surface area (Å²) in [5.74, 6) is -1.30. The fraction of sp³-hybridized carbons (Fsp3) is 0.105. The van der Waals surface area contributed by atoms with Gasteiger partial charge in [0, 0.05) is 60.2 Å². The third kappa shape index (κ3) is 24.9. The Morgan fingerprint density at radius 3 is 1.01 bits per heavy atom. The molecule has 2 amide bonds. The lowest BCUT2D eigenvalue weighted by Gasteiger charge is -2.26. The number of hydrogen-bond acceptors (Lipinski definition) is 23. The number of fused-ring (bicyclic) bond motifs is 2. The molecule has 115 heavy (non-hydrogen) atoms. The normalized spacial score (nSPS) is 12.0. The Labute approximate surface area is 715 Å². The van der Waals surface area contributed by atoms with Gasteiger partial charge < -0.3 is 64.2 Å². The molecule has 0 saturated heterocycles. The van der Waals surface area contributed by atoms with E-state index in [0.29, 0.717) is 53.2 Å². The van der Waals surface area contributed by atoms with E-state index >= 15 is 0 Å². The van der Waals surface area contributed by atoms with E-state index in [9.17, 15) is 71.7 Å². The van der Waals surface area contributed by atoms with E-state index in [4.69, 9.17) is 53.6 Å². The van der Waals surface area contributed by atoms with E-state index in [2.05, 4.69) is 106 Å². The number of rotatable bonds is 30. The lowest BCUT2D eigenvalue weighted by atomic mass is 10.1. The zero-order valence-electron chi connectivity index (χ0n) is 59.0. The Morgan fingerprint density at radius 2 is 0.704 bits per heavy atom. The highest BCUT2D eigenvalue weighted by atomic mass is 79.9. The molecule has 0 radical (unpaired) electrons. The monoisotopic (exact) mass is 1960 g/mol. The molecule has 0 bridgehead atoms. The maximum absolute atomic E-state index is 13.4. The molecule has 0 spiro atoms. The van der Waals surface area contributed by atoms with Gasteiger partial charge in [0.1, 0.15) is 65.1 Å². The first-order valence-corrected chi connectivity index (χ1v) is 44.0. The number of carbonyl (C=O) groups is 2. The van der Waals surface area contributed by atoms with E-state index < -0.39 is 85.0 Å². The molecule has 8 N–H and O–H groups in total. The zero-order chi connectivity index (χ0) is 83.1. The summed E-state index contributed by atoms with van der Waals surface area (Å²) in [7, 11) is -20.9. The van der Waals surface area contributed by atoms with Gasteiger partial charge in [-0.3, -0.25) is 9.59 Å². The standard InChI is InChI=1S/C76H64Br4N10O17S8/c77-61-31-45(32-62(78)73(61)93)41-81-87-69(91)43-89(59-27-21-47-7-1-3-9-53(47)35-59)75(110)85-57-25-19-51(67(39-57)114(101,102)103)15-13-49-17-23-55(37-65(49)112(95,96)97)83-71(108)11-5-29-107-30-6-12-72(109)84-56-24-18-50(66(38-56)113(98,99)100)14-16-52-20-26-58(40-68(52)115(104,105)106)86-76(111)90(60-28-22-48-8-2-4-10-54(48)36-60)44-70(92)88-82-42-46-33-63(79)74(94)64(80)34-46/h1-4,7-10,13-28,31-42,93-94H,5-6,11-12,29-30,43-44H2,(H,83,108)(H,84,109)(H,85,110)(H,86,111)(H,87,91)(H,88,92)(H,95,96,97)(H,98,99,100)(H,101,102,103)(H,104,105,106)/p-4/b15-13+,16-14+,81-41-,82-42-. The fourth-order valence-corrected chi connectivity index (χ4v) is 17.4. The molecule has 10 aromatic carbocycles. The Morgan fingerprint density at radius 1 is 0.409 bits per heavy atom. The number of amides is 2. The highest BCUT2D eigenvalue weighted by Crippen LogP contribution is 2.36. The molecule has 27 nitrogen and oxygen atoms in total. The molecule has 0 saturated carbocycles. The molecule has 0 aliphatic heterocycles. The second-order valence-corrected chi connectivity index (χ2v) is 35.3. The van der Waals surface area contributed by atoms with Crippen molar-refractivity contribution in [2.75, 3.05) is 57.4 Å².